The van der Waals surface area contributed by atoms with Gasteiger partial charge in [0.1, 0.15) is 0 Å². The van der Waals surface area contributed by atoms with E-state index >= 15 is 0 Å². The number of benzene rings is 1. The molecule has 1 rings (SSSR count). The number of carbonyl (C=O) groups excluding carboxylic acids is 1. The molecule has 20 heavy (non-hydrogen) atoms. The van der Waals surface area contributed by atoms with Crippen molar-refractivity contribution >= 4 is 15.9 Å². The average molecular weight is 314 g/mol. The van der Waals surface area contributed by atoms with Gasteiger partial charge in [0.05, 0.1) is 17.0 Å². The van der Waals surface area contributed by atoms with Crippen molar-refractivity contribution in [1.82, 2.24) is 4.90 Å². The van der Waals surface area contributed by atoms with Gasteiger partial charge in [-0.05, 0) is 12.1 Å². The van der Waals surface area contributed by atoms with Gasteiger partial charge in [0.2, 0.25) is 10.0 Å². The maximum Gasteiger partial charge on any atom is 0.255 e. The molecule has 1 aromatic carbocycles. The van der Waals surface area contributed by atoms with Gasteiger partial charge in [-0.3, -0.25) is 4.79 Å². The molecule has 0 aliphatic rings. The topological polar surface area (TPSA) is 80.5 Å². The molecule has 112 valence electrons. The van der Waals surface area contributed by atoms with Gasteiger partial charge in [0.15, 0.2) is 11.6 Å². The fraction of sp³-hybridized carbons (Fsp3) is 0.300. The SMILES string of the molecule is CN(CC(F)F)C(=O)c1cc(F)c(F)cc1S(N)(=O)=O. The predicted molar refractivity (Wildman–Crippen MR) is 60.7 cm³/mol. The molecule has 1 amide bonds. The zero-order valence-electron chi connectivity index (χ0n) is 10.1. The number of amides is 1. The molecule has 5 nitrogen and oxygen atoms in total. The molecular weight excluding hydrogens is 304 g/mol. The summed E-state index contributed by atoms with van der Waals surface area (Å²) in [5, 5.41) is 4.78. The highest BCUT2D eigenvalue weighted by Gasteiger charge is 2.25. The fourth-order valence-electron chi connectivity index (χ4n) is 1.43. The van der Waals surface area contributed by atoms with E-state index in [2.05, 4.69) is 0 Å². The van der Waals surface area contributed by atoms with Gasteiger partial charge in [-0.1, -0.05) is 0 Å². The Kier molecular flexibility index (Phi) is 4.71. The van der Waals surface area contributed by atoms with Crippen LogP contribution in [0.3, 0.4) is 0 Å². The molecule has 0 fully saturated rings. The second-order valence-corrected chi connectivity index (χ2v) is 5.41. The minimum atomic E-state index is -4.52. The van der Waals surface area contributed by atoms with Crippen molar-refractivity contribution in [3.8, 4) is 0 Å². The third kappa shape index (κ3) is 3.67. The van der Waals surface area contributed by atoms with Gasteiger partial charge in [-0.25, -0.2) is 31.1 Å². The van der Waals surface area contributed by atoms with Gasteiger partial charge in [-0.2, -0.15) is 0 Å². The molecule has 0 saturated heterocycles. The Balaban J connectivity index is 3.37. The first-order valence-corrected chi connectivity index (χ1v) is 6.64. The summed E-state index contributed by atoms with van der Waals surface area (Å²) in [7, 11) is -3.56. The van der Waals surface area contributed by atoms with Gasteiger partial charge in [-0.15, -0.1) is 0 Å². The van der Waals surface area contributed by atoms with Crippen molar-refractivity contribution in [1.29, 1.82) is 0 Å². The van der Waals surface area contributed by atoms with Crippen molar-refractivity contribution in [2.24, 2.45) is 5.14 Å². The molecule has 0 spiro atoms. The molecule has 0 bridgehead atoms. The summed E-state index contributed by atoms with van der Waals surface area (Å²) < 4.78 is 72.9. The Morgan fingerprint density at radius 3 is 2.25 bits per heavy atom. The summed E-state index contributed by atoms with van der Waals surface area (Å²) in [5.74, 6) is -4.23. The van der Waals surface area contributed by atoms with Crippen LogP contribution in [0.15, 0.2) is 17.0 Å². The van der Waals surface area contributed by atoms with Crippen LogP contribution in [-0.4, -0.2) is 39.2 Å². The lowest BCUT2D eigenvalue weighted by Crippen LogP contribution is -2.33. The molecule has 0 saturated carbocycles. The summed E-state index contributed by atoms with van der Waals surface area (Å²) in [4.78, 5) is 11.3. The van der Waals surface area contributed by atoms with Crippen LogP contribution in [0.1, 0.15) is 10.4 Å². The highest BCUT2D eigenvalue weighted by atomic mass is 32.2. The summed E-state index contributed by atoms with van der Waals surface area (Å²) >= 11 is 0. The molecule has 1 aromatic rings. The van der Waals surface area contributed by atoms with Gasteiger partial charge >= 0.3 is 0 Å². The standard InChI is InChI=1S/C10H10F4N2O3S/c1-16(4-9(13)14)10(17)5-2-6(11)7(12)3-8(5)20(15,18)19/h2-3,9H,4H2,1H3,(H2,15,18,19). The number of alkyl halides is 2. The van der Waals surface area contributed by atoms with Crippen LogP contribution in [0.25, 0.3) is 0 Å². The molecule has 10 heteroatoms. The largest absolute Gasteiger partial charge is 0.336 e. The molecule has 0 aliphatic heterocycles. The van der Waals surface area contributed by atoms with Gasteiger partial charge in [0.25, 0.3) is 12.3 Å². The third-order valence-electron chi connectivity index (χ3n) is 2.32. The summed E-state index contributed by atoms with van der Waals surface area (Å²) in [6.45, 7) is -0.998. The number of carbonyl (C=O) groups is 1. The first kappa shape index (κ1) is 16.4. The number of primary sulfonamides is 1. The molecule has 0 unspecified atom stereocenters. The highest BCUT2D eigenvalue weighted by Crippen LogP contribution is 2.20. The minimum Gasteiger partial charge on any atom is -0.336 e. The van der Waals surface area contributed by atoms with E-state index < -0.39 is 51.0 Å². The number of nitrogens with two attached hydrogens (primary N) is 1. The Morgan fingerprint density at radius 2 is 1.80 bits per heavy atom. The predicted octanol–water partition coefficient (Wildman–Crippen LogP) is 0.949. The average Bonchev–Trinajstić information content (AvgIpc) is 2.28. The van der Waals surface area contributed by atoms with Crippen LogP contribution in [0.4, 0.5) is 17.6 Å². The maximum absolute atomic E-state index is 13.1. The molecule has 0 atom stereocenters. The lowest BCUT2D eigenvalue weighted by molar-refractivity contribution is 0.0616. The van der Waals surface area contributed by atoms with Crippen molar-refractivity contribution in [3.63, 3.8) is 0 Å². The number of hydrogen-bond acceptors (Lipinski definition) is 3. The minimum absolute atomic E-state index is 0.230. The Bertz CT molecular complexity index is 634. The van der Waals surface area contributed by atoms with Crippen molar-refractivity contribution in [3.05, 3.63) is 29.3 Å². The summed E-state index contributed by atoms with van der Waals surface area (Å²) in [6, 6.07) is 0.535. The van der Waals surface area contributed by atoms with E-state index in [0.29, 0.717) is 11.0 Å². The number of nitrogens with zero attached hydrogens (tertiary/aromatic N) is 1. The van der Waals surface area contributed by atoms with E-state index in [0.717, 1.165) is 7.05 Å². The quantitative estimate of drug-likeness (QED) is 0.840. The van der Waals surface area contributed by atoms with E-state index in [4.69, 9.17) is 5.14 Å². The molecular formula is C10H10F4N2O3S. The van der Waals surface area contributed by atoms with Crippen LogP contribution in [-0.2, 0) is 10.0 Å². The van der Waals surface area contributed by atoms with Crippen molar-refractivity contribution in [2.45, 2.75) is 11.3 Å². The number of rotatable bonds is 4. The number of sulfonamides is 1. The lowest BCUT2D eigenvalue weighted by atomic mass is 10.2. The molecule has 2 N–H and O–H groups in total. The van der Waals surface area contributed by atoms with Crippen LogP contribution < -0.4 is 5.14 Å². The van der Waals surface area contributed by atoms with Crippen LogP contribution >= 0.6 is 0 Å². The van der Waals surface area contributed by atoms with Gasteiger partial charge < -0.3 is 4.90 Å². The smallest absolute Gasteiger partial charge is 0.255 e. The molecule has 0 aromatic heterocycles. The molecule has 0 heterocycles. The second kappa shape index (κ2) is 5.75. The fourth-order valence-corrected chi connectivity index (χ4v) is 2.15. The van der Waals surface area contributed by atoms with Crippen molar-refractivity contribution in [2.75, 3.05) is 13.6 Å². The van der Waals surface area contributed by atoms with E-state index in [9.17, 15) is 30.8 Å². The van der Waals surface area contributed by atoms with E-state index in [1.807, 2.05) is 0 Å². The van der Waals surface area contributed by atoms with Crippen molar-refractivity contribution < 1.29 is 30.8 Å². The zero-order valence-corrected chi connectivity index (χ0v) is 10.9. The van der Waals surface area contributed by atoms with E-state index in [1.54, 1.807) is 0 Å². The number of halogens is 4. The molecule has 0 radical (unpaired) electrons. The van der Waals surface area contributed by atoms with Crippen LogP contribution in [0.5, 0.6) is 0 Å². The first-order chi connectivity index (χ1) is 9.04. The monoisotopic (exact) mass is 314 g/mol. The normalized spacial score (nSPS) is 11.8. The van der Waals surface area contributed by atoms with Crippen LogP contribution in [0, 0.1) is 11.6 Å². The lowest BCUT2D eigenvalue weighted by Gasteiger charge is -2.18. The zero-order chi connectivity index (χ0) is 15.7. The summed E-state index contributed by atoms with van der Waals surface area (Å²) in [6.07, 6.45) is -2.87. The Labute approximate surface area is 112 Å². The maximum atomic E-state index is 13.1. The highest BCUT2D eigenvalue weighted by molar-refractivity contribution is 7.89. The Morgan fingerprint density at radius 1 is 1.30 bits per heavy atom. The third-order valence-corrected chi connectivity index (χ3v) is 3.27. The molecule has 0 aliphatic carbocycles. The van der Waals surface area contributed by atoms with Gasteiger partial charge in [0, 0.05) is 7.05 Å². The second-order valence-electron chi connectivity index (χ2n) is 3.88. The Hall–Kier alpha value is -1.68. The number of hydrogen-bond donors (Lipinski definition) is 1. The van der Waals surface area contributed by atoms with E-state index in [1.165, 1.54) is 0 Å². The first-order valence-electron chi connectivity index (χ1n) is 5.09. The van der Waals surface area contributed by atoms with Crippen LogP contribution in [0.2, 0.25) is 0 Å². The summed E-state index contributed by atoms with van der Waals surface area (Å²) in [5.41, 5.74) is -0.811. The van der Waals surface area contributed by atoms with E-state index in [-0.39, 0.29) is 6.07 Å².